The lowest BCUT2D eigenvalue weighted by molar-refractivity contribution is 0.102. The molecule has 2 aromatic rings. The molecule has 1 amide bonds. The molecule has 0 aliphatic heterocycles. The van der Waals surface area contributed by atoms with Gasteiger partial charge in [-0.1, -0.05) is 11.6 Å². The van der Waals surface area contributed by atoms with E-state index in [0.29, 0.717) is 11.3 Å². The maximum atomic E-state index is 11.9. The van der Waals surface area contributed by atoms with Gasteiger partial charge >= 0.3 is 0 Å². The van der Waals surface area contributed by atoms with Gasteiger partial charge in [-0.3, -0.25) is 9.78 Å². The van der Waals surface area contributed by atoms with Gasteiger partial charge in [-0.05, 0) is 18.2 Å². The van der Waals surface area contributed by atoms with Gasteiger partial charge in [-0.15, -0.1) is 0 Å². The van der Waals surface area contributed by atoms with E-state index >= 15 is 0 Å². The van der Waals surface area contributed by atoms with E-state index in [0.717, 1.165) is 0 Å². The van der Waals surface area contributed by atoms with Crippen molar-refractivity contribution < 1.29 is 4.79 Å². The Hall–Kier alpha value is -2.14. The number of hydrogen-bond acceptors (Lipinski definition) is 4. The average molecular weight is 249 g/mol. The SMILES string of the molecule is Nc1cnc(Cl)cc1C(=O)Nc1ccncc1. The van der Waals surface area contributed by atoms with Crippen LogP contribution in [0.4, 0.5) is 11.4 Å². The summed E-state index contributed by atoms with van der Waals surface area (Å²) in [5.74, 6) is -0.335. The number of anilines is 2. The molecule has 0 bridgehead atoms. The second-order valence-corrected chi connectivity index (χ2v) is 3.67. The lowest BCUT2D eigenvalue weighted by Crippen LogP contribution is -2.14. The second kappa shape index (κ2) is 4.80. The van der Waals surface area contributed by atoms with Crippen LogP contribution in [0.25, 0.3) is 0 Å². The number of amides is 1. The normalized spacial score (nSPS) is 9.94. The van der Waals surface area contributed by atoms with Crippen LogP contribution in [-0.2, 0) is 0 Å². The molecule has 0 saturated heterocycles. The Kier molecular flexibility index (Phi) is 3.20. The number of nitrogens with zero attached hydrogens (tertiary/aromatic N) is 2. The van der Waals surface area contributed by atoms with Gasteiger partial charge in [-0.25, -0.2) is 4.98 Å². The van der Waals surface area contributed by atoms with Crippen LogP contribution in [0.5, 0.6) is 0 Å². The summed E-state index contributed by atoms with van der Waals surface area (Å²) < 4.78 is 0. The van der Waals surface area contributed by atoms with Crippen molar-refractivity contribution >= 4 is 28.9 Å². The summed E-state index contributed by atoms with van der Waals surface area (Å²) in [6, 6.07) is 4.78. The zero-order chi connectivity index (χ0) is 12.3. The Morgan fingerprint density at radius 2 is 2.06 bits per heavy atom. The van der Waals surface area contributed by atoms with E-state index in [-0.39, 0.29) is 16.7 Å². The van der Waals surface area contributed by atoms with Crippen molar-refractivity contribution in [2.24, 2.45) is 0 Å². The van der Waals surface area contributed by atoms with Gasteiger partial charge in [0.2, 0.25) is 0 Å². The van der Waals surface area contributed by atoms with E-state index < -0.39 is 0 Å². The number of hydrogen-bond donors (Lipinski definition) is 2. The number of rotatable bonds is 2. The molecule has 2 heterocycles. The summed E-state index contributed by atoms with van der Waals surface area (Å²) in [6.45, 7) is 0. The summed E-state index contributed by atoms with van der Waals surface area (Å²) in [6.07, 6.45) is 4.51. The predicted molar refractivity (Wildman–Crippen MR) is 65.8 cm³/mol. The molecule has 0 radical (unpaired) electrons. The van der Waals surface area contributed by atoms with Gasteiger partial charge < -0.3 is 11.1 Å². The average Bonchev–Trinajstić information content (AvgIpc) is 2.33. The molecule has 0 spiro atoms. The summed E-state index contributed by atoms with van der Waals surface area (Å²) >= 11 is 5.71. The highest BCUT2D eigenvalue weighted by Gasteiger charge is 2.11. The Balaban J connectivity index is 2.23. The fourth-order valence-electron chi connectivity index (χ4n) is 1.27. The first-order valence-corrected chi connectivity index (χ1v) is 5.17. The quantitative estimate of drug-likeness (QED) is 0.796. The minimum absolute atomic E-state index is 0.221. The van der Waals surface area contributed by atoms with E-state index in [4.69, 9.17) is 17.3 Å². The number of carbonyl (C=O) groups excluding carboxylic acids is 1. The topological polar surface area (TPSA) is 80.9 Å². The van der Waals surface area contributed by atoms with Crippen LogP contribution in [-0.4, -0.2) is 15.9 Å². The lowest BCUT2D eigenvalue weighted by Gasteiger charge is -2.07. The highest BCUT2D eigenvalue weighted by atomic mass is 35.5. The predicted octanol–water partition coefficient (Wildman–Crippen LogP) is 1.96. The van der Waals surface area contributed by atoms with Crippen LogP contribution in [0.2, 0.25) is 5.15 Å². The minimum Gasteiger partial charge on any atom is -0.397 e. The lowest BCUT2D eigenvalue weighted by atomic mass is 10.2. The third kappa shape index (κ3) is 2.70. The van der Waals surface area contributed by atoms with E-state index in [1.807, 2.05) is 0 Å². The highest BCUT2D eigenvalue weighted by molar-refractivity contribution is 6.30. The van der Waals surface area contributed by atoms with Crippen molar-refractivity contribution in [1.82, 2.24) is 9.97 Å². The van der Waals surface area contributed by atoms with Crippen LogP contribution >= 0.6 is 11.6 Å². The largest absolute Gasteiger partial charge is 0.397 e. The molecular weight excluding hydrogens is 240 g/mol. The van der Waals surface area contributed by atoms with Crippen LogP contribution in [0, 0.1) is 0 Å². The molecule has 3 N–H and O–H groups in total. The Morgan fingerprint density at radius 1 is 1.35 bits per heavy atom. The smallest absolute Gasteiger partial charge is 0.257 e. The molecule has 0 aliphatic rings. The third-order valence-corrected chi connectivity index (χ3v) is 2.29. The molecule has 5 nitrogen and oxygen atoms in total. The number of nitrogens with two attached hydrogens (primary N) is 1. The first kappa shape index (κ1) is 11.3. The van der Waals surface area contributed by atoms with Gasteiger partial charge in [0.1, 0.15) is 5.15 Å². The van der Waals surface area contributed by atoms with E-state index in [1.54, 1.807) is 24.5 Å². The fraction of sp³-hybridized carbons (Fsp3) is 0. The number of nitrogen functional groups attached to an aromatic ring is 1. The second-order valence-electron chi connectivity index (χ2n) is 3.28. The van der Waals surface area contributed by atoms with Crippen molar-refractivity contribution in [1.29, 1.82) is 0 Å². The first-order valence-electron chi connectivity index (χ1n) is 4.79. The van der Waals surface area contributed by atoms with E-state index in [9.17, 15) is 4.79 Å². The molecule has 0 atom stereocenters. The number of halogens is 1. The molecule has 2 aromatic heterocycles. The van der Waals surface area contributed by atoms with Gasteiger partial charge in [0.05, 0.1) is 17.4 Å². The Morgan fingerprint density at radius 3 is 2.76 bits per heavy atom. The molecule has 86 valence electrons. The number of pyridine rings is 2. The molecular formula is C11H9ClN4O. The van der Waals surface area contributed by atoms with Crippen molar-refractivity contribution in [3.05, 3.63) is 47.5 Å². The molecule has 17 heavy (non-hydrogen) atoms. The van der Waals surface area contributed by atoms with Crippen LogP contribution < -0.4 is 11.1 Å². The van der Waals surface area contributed by atoms with Crippen molar-refractivity contribution in [3.63, 3.8) is 0 Å². The van der Waals surface area contributed by atoms with Gasteiger partial charge in [0, 0.05) is 18.1 Å². The minimum atomic E-state index is -0.335. The fourth-order valence-corrected chi connectivity index (χ4v) is 1.43. The summed E-state index contributed by atoms with van der Waals surface area (Å²) in [7, 11) is 0. The van der Waals surface area contributed by atoms with E-state index in [2.05, 4.69) is 15.3 Å². The first-order chi connectivity index (χ1) is 8.16. The molecule has 0 aliphatic carbocycles. The van der Waals surface area contributed by atoms with Crippen molar-refractivity contribution in [2.45, 2.75) is 0 Å². The standard InChI is InChI=1S/C11H9ClN4O/c12-10-5-8(9(13)6-15-10)11(17)16-7-1-3-14-4-2-7/h1-6H,13H2,(H,14,16,17). The highest BCUT2D eigenvalue weighted by Crippen LogP contribution is 2.16. The third-order valence-electron chi connectivity index (χ3n) is 2.08. The molecule has 2 rings (SSSR count). The maximum Gasteiger partial charge on any atom is 0.257 e. The monoisotopic (exact) mass is 248 g/mol. The Labute approximate surface area is 103 Å². The van der Waals surface area contributed by atoms with E-state index in [1.165, 1.54) is 12.3 Å². The molecule has 6 heteroatoms. The van der Waals surface area contributed by atoms with Crippen LogP contribution in [0.1, 0.15) is 10.4 Å². The molecule has 0 saturated carbocycles. The van der Waals surface area contributed by atoms with Gasteiger partial charge in [0.15, 0.2) is 0 Å². The summed E-state index contributed by atoms with van der Waals surface area (Å²) in [4.78, 5) is 19.5. The maximum absolute atomic E-state index is 11.9. The van der Waals surface area contributed by atoms with Gasteiger partial charge in [0.25, 0.3) is 5.91 Å². The number of carbonyl (C=O) groups is 1. The number of aromatic nitrogens is 2. The zero-order valence-corrected chi connectivity index (χ0v) is 9.48. The van der Waals surface area contributed by atoms with Crippen molar-refractivity contribution in [2.75, 3.05) is 11.1 Å². The summed E-state index contributed by atoms with van der Waals surface area (Å²) in [5, 5.41) is 2.90. The van der Waals surface area contributed by atoms with Gasteiger partial charge in [-0.2, -0.15) is 0 Å². The molecule has 0 aromatic carbocycles. The summed E-state index contributed by atoms with van der Waals surface area (Å²) in [5.41, 5.74) is 6.86. The Bertz CT molecular complexity index is 544. The van der Waals surface area contributed by atoms with Crippen LogP contribution in [0.15, 0.2) is 36.8 Å². The number of nitrogens with one attached hydrogen (secondary N) is 1. The zero-order valence-electron chi connectivity index (χ0n) is 8.72. The molecule has 0 fully saturated rings. The van der Waals surface area contributed by atoms with Crippen molar-refractivity contribution in [3.8, 4) is 0 Å². The molecule has 0 unspecified atom stereocenters. The van der Waals surface area contributed by atoms with Crippen LogP contribution in [0.3, 0.4) is 0 Å².